The van der Waals surface area contributed by atoms with Gasteiger partial charge >= 0.3 is 0 Å². The van der Waals surface area contributed by atoms with Gasteiger partial charge in [-0.15, -0.1) is 11.3 Å². The molecule has 0 aliphatic rings. The van der Waals surface area contributed by atoms with E-state index >= 15 is 0 Å². The molecule has 1 aromatic carbocycles. The van der Waals surface area contributed by atoms with E-state index in [1.54, 1.807) is 11.3 Å². The number of hydrogen-bond acceptors (Lipinski definition) is 3. The van der Waals surface area contributed by atoms with Crippen molar-refractivity contribution in [2.45, 2.75) is 26.3 Å². The second kappa shape index (κ2) is 6.77. The van der Waals surface area contributed by atoms with Crippen LogP contribution in [-0.4, -0.2) is 5.91 Å². The zero-order valence-corrected chi connectivity index (χ0v) is 13.0. The molecule has 2 rings (SSSR count). The molecule has 0 radical (unpaired) electrons. The van der Waals surface area contributed by atoms with Crippen LogP contribution in [0.4, 0.5) is 11.4 Å². The van der Waals surface area contributed by atoms with E-state index < -0.39 is 0 Å². The molecule has 0 spiro atoms. The molecule has 106 valence electrons. The first-order valence-corrected chi connectivity index (χ1v) is 7.69. The maximum Gasteiger partial charge on any atom is 0.224 e. The summed E-state index contributed by atoms with van der Waals surface area (Å²) in [4.78, 5) is 12.6. The van der Waals surface area contributed by atoms with Crippen molar-refractivity contribution in [3.8, 4) is 0 Å². The second-order valence-electron chi connectivity index (χ2n) is 4.49. The predicted molar refractivity (Wildman–Crippen MR) is 86.7 cm³/mol. The van der Waals surface area contributed by atoms with E-state index in [1.165, 1.54) is 4.88 Å². The summed E-state index contributed by atoms with van der Waals surface area (Å²) in [6.07, 6.45) is 0.474. The molecule has 0 saturated carbocycles. The molecule has 20 heavy (non-hydrogen) atoms. The zero-order chi connectivity index (χ0) is 14.5. The lowest BCUT2D eigenvalue weighted by Crippen LogP contribution is -2.10. The first kappa shape index (κ1) is 14.9. The highest BCUT2D eigenvalue weighted by atomic mass is 35.5. The van der Waals surface area contributed by atoms with Crippen LogP contribution < -0.4 is 10.6 Å². The third-order valence-electron chi connectivity index (χ3n) is 2.87. The van der Waals surface area contributed by atoms with Crippen molar-refractivity contribution in [3.63, 3.8) is 0 Å². The van der Waals surface area contributed by atoms with Crippen LogP contribution in [0.5, 0.6) is 0 Å². The molecule has 1 atom stereocenters. The predicted octanol–water partition coefficient (Wildman–Crippen LogP) is 4.92. The van der Waals surface area contributed by atoms with Gasteiger partial charge in [-0.25, -0.2) is 0 Å². The Morgan fingerprint density at radius 1 is 1.30 bits per heavy atom. The van der Waals surface area contributed by atoms with E-state index in [9.17, 15) is 4.79 Å². The SMILES string of the molecule is CCC(=O)Nc1cccc(NC(C)c2ccc(Cl)s2)c1. The highest BCUT2D eigenvalue weighted by Crippen LogP contribution is 2.29. The highest BCUT2D eigenvalue weighted by molar-refractivity contribution is 7.16. The van der Waals surface area contributed by atoms with Crippen LogP contribution in [0, 0.1) is 0 Å². The van der Waals surface area contributed by atoms with Gasteiger partial charge in [-0.05, 0) is 37.3 Å². The van der Waals surface area contributed by atoms with Crippen molar-refractivity contribution in [1.82, 2.24) is 0 Å². The summed E-state index contributed by atoms with van der Waals surface area (Å²) >= 11 is 7.52. The number of thiophene rings is 1. The Kier molecular flexibility index (Phi) is 5.04. The number of anilines is 2. The molecule has 0 bridgehead atoms. The van der Waals surface area contributed by atoms with Crippen LogP contribution in [0.15, 0.2) is 36.4 Å². The third kappa shape index (κ3) is 3.99. The quantitative estimate of drug-likeness (QED) is 0.823. The molecule has 5 heteroatoms. The highest BCUT2D eigenvalue weighted by Gasteiger charge is 2.08. The Balaban J connectivity index is 2.05. The van der Waals surface area contributed by atoms with E-state index in [4.69, 9.17) is 11.6 Å². The summed E-state index contributed by atoms with van der Waals surface area (Å²) in [5.41, 5.74) is 1.77. The summed E-state index contributed by atoms with van der Waals surface area (Å²) in [6.45, 7) is 3.92. The minimum atomic E-state index is 0.0141. The van der Waals surface area contributed by atoms with E-state index in [0.29, 0.717) is 6.42 Å². The average Bonchev–Trinajstić information content (AvgIpc) is 2.86. The number of carbonyl (C=O) groups excluding carboxylic acids is 1. The standard InChI is InChI=1S/C15H17ClN2OS/c1-3-15(19)18-12-6-4-5-11(9-12)17-10(2)13-7-8-14(16)20-13/h4-10,17H,3H2,1-2H3,(H,18,19). The first-order chi connectivity index (χ1) is 9.58. The third-order valence-corrected chi connectivity index (χ3v) is 4.29. The van der Waals surface area contributed by atoms with Gasteiger partial charge in [0.05, 0.1) is 10.4 Å². The molecule has 0 aliphatic carbocycles. The Morgan fingerprint density at radius 3 is 2.70 bits per heavy atom. The van der Waals surface area contributed by atoms with Crippen molar-refractivity contribution in [1.29, 1.82) is 0 Å². The molecule has 0 saturated heterocycles. The van der Waals surface area contributed by atoms with Crippen molar-refractivity contribution >= 4 is 40.2 Å². The van der Waals surface area contributed by atoms with Crippen molar-refractivity contribution in [3.05, 3.63) is 45.6 Å². The first-order valence-electron chi connectivity index (χ1n) is 6.50. The number of carbonyl (C=O) groups is 1. The summed E-state index contributed by atoms with van der Waals surface area (Å²) in [5, 5.41) is 6.26. The zero-order valence-electron chi connectivity index (χ0n) is 11.4. The van der Waals surface area contributed by atoms with Crippen molar-refractivity contribution in [2.75, 3.05) is 10.6 Å². The van der Waals surface area contributed by atoms with Crippen LogP contribution in [0.25, 0.3) is 0 Å². The molecular formula is C15H17ClN2OS. The largest absolute Gasteiger partial charge is 0.378 e. The van der Waals surface area contributed by atoms with E-state index in [1.807, 2.05) is 43.3 Å². The van der Waals surface area contributed by atoms with Crippen LogP contribution in [0.2, 0.25) is 4.34 Å². The Morgan fingerprint density at radius 2 is 2.05 bits per heavy atom. The van der Waals surface area contributed by atoms with E-state index in [-0.39, 0.29) is 11.9 Å². The number of amides is 1. The molecule has 1 aromatic heterocycles. The lowest BCUT2D eigenvalue weighted by Gasteiger charge is -2.14. The number of benzene rings is 1. The second-order valence-corrected chi connectivity index (χ2v) is 6.24. The van der Waals surface area contributed by atoms with Gasteiger partial charge in [0.1, 0.15) is 0 Å². The van der Waals surface area contributed by atoms with E-state index in [0.717, 1.165) is 15.7 Å². The Hall–Kier alpha value is -1.52. The van der Waals surface area contributed by atoms with Crippen LogP contribution in [-0.2, 0) is 4.79 Å². The monoisotopic (exact) mass is 308 g/mol. The fraction of sp³-hybridized carbons (Fsp3) is 0.267. The van der Waals surface area contributed by atoms with E-state index in [2.05, 4.69) is 17.6 Å². The maximum atomic E-state index is 11.4. The fourth-order valence-corrected chi connectivity index (χ4v) is 2.88. The molecule has 1 amide bonds. The summed E-state index contributed by atoms with van der Waals surface area (Å²) < 4.78 is 0.789. The van der Waals surface area contributed by atoms with Gasteiger partial charge in [-0.2, -0.15) is 0 Å². The molecule has 2 aromatic rings. The van der Waals surface area contributed by atoms with Gasteiger partial charge in [0.2, 0.25) is 5.91 Å². The average molecular weight is 309 g/mol. The number of rotatable bonds is 5. The van der Waals surface area contributed by atoms with Gasteiger partial charge in [-0.3, -0.25) is 4.79 Å². The maximum absolute atomic E-state index is 11.4. The summed E-state index contributed by atoms with van der Waals surface area (Å²) in [5.74, 6) is 0.0141. The fourth-order valence-electron chi connectivity index (χ4n) is 1.82. The van der Waals surface area contributed by atoms with Gasteiger partial charge in [0, 0.05) is 22.7 Å². The number of halogens is 1. The number of hydrogen-bond donors (Lipinski definition) is 2. The lowest BCUT2D eigenvalue weighted by atomic mass is 10.2. The lowest BCUT2D eigenvalue weighted by molar-refractivity contribution is -0.115. The minimum absolute atomic E-state index is 0.0141. The summed E-state index contributed by atoms with van der Waals surface area (Å²) in [7, 11) is 0. The molecular weight excluding hydrogens is 292 g/mol. The molecule has 1 unspecified atom stereocenters. The molecule has 0 fully saturated rings. The molecule has 3 nitrogen and oxygen atoms in total. The minimum Gasteiger partial charge on any atom is -0.378 e. The number of nitrogens with one attached hydrogen (secondary N) is 2. The van der Waals surface area contributed by atoms with Gasteiger partial charge in [0.15, 0.2) is 0 Å². The van der Waals surface area contributed by atoms with Crippen LogP contribution in [0.1, 0.15) is 31.2 Å². The van der Waals surface area contributed by atoms with Crippen LogP contribution >= 0.6 is 22.9 Å². The topological polar surface area (TPSA) is 41.1 Å². The molecule has 0 aliphatic heterocycles. The van der Waals surface area contributed by atoms with Gasteiger partial charge < -0.3 is 10.6 Å². The van der Waals surface area contributed by atoms with Gasteiger partial charge in [-0.1, -0.05) is 24.6 Å². The van der Waals surface area contributed by atoms with Gasteiger partial charge in [0.25, 0.3) is 0 Å². The Labute approximate surface area is 128 Å². The van der Waals surface area contributed by atoms with Crippen molar-refractivity contribution in [2.24, 2.45) is 0 Å². The molecule has 1 heterocycles. The summed E-state index contributed by atoms with van der Waals surface area (Å²) in [6, 6.07) is 11.8. The van der Waals surface area contributed by atoms with Crippen LogP contribution in [0.3, 0.4) is 0 Å². The normalized spacial score (nSPS) is 11.9. The molecule has 2 N–H and O–H groups in total. The Bertz CT molecular complexity index is 597. The van der Waals surface area contributed by atoms with Crippen molar-refractivity contribution < 1.29 is 4.79 Å². The smallest absolute Gasteiger partial charge is 0.224 e.